The van der Waals surface area contributed by atoms with Gasteiger partial charge in [-0.25, -0.2) is 4.39 Å². The topological polar surface area (TPSA) is 55.0 Å². The molecule has 0 fully saturated rings. The van der Waals surface area contributed by atoms with Crippen LogP contribution < -0.4 is 10.6 Å². The van der Waals surface area contributed by atoms with Gasteiger partial charge >= 0.3 is 0 Å². The zero-order chi connectivity index (χ0) is 14.9. The molecule has 2 aromatic rings. The number of aryl methyl sites for hydroxylation is 1. The Morgan fingerprint density at radius 2 is 1.90 bits per heavy atom. The van der Waals surface area contributed by atoms with E-state index in [-0.39, 0.29) is 10.8 Å². The van der Waals surface area contributed by atoms with Gasteiger partial charge < -0.3 is 10.6 Å². The largest absolute Gasteiger partial charge is 0.389 e. The minimum Gasteiger partial charge on any atom is -0.389 e. The highest BCUT2D eigenvalue weighted by atomic mass is 32.1. The van der Waals surface area contributed by atoms with Gasteiger partial charge in [0.05, 0.1) is 16.9 Å². The molecule has 6 heteroatoms. The van der Waals surface area contributed by atoms with Gasteiger partial charge in [0.1, 0.15) is 10.8 Å². The number of thiocarbonyl (C=S) groups is 1. The fraction of sp³-hybridized carbons (Fsp3) is 0.214. The van der Waals surface area contributed by atoms with Crippen molar-refractivity contribution in [2.45, 2.75) is 13.8 Å². The van der Waals surface area contributed by atoms with Crippen LogP contribution in [-0.2, 0) is 0 Å². The Morgan fingerprint density at radius 3 is 2.50 bits per heavy atom. The van der Waals surface area contributed by atoms with Gasteiger partial charge in [0.2, 0.25) is 0 Å². The van der Waals surface area contributed by atoms with Gasteiger partial charge in [-0.2, -0.15) is 5.10 Å². The summed E-state index contributed by atoms with van der Waals surface area (Å²) in [6.07, 6.45) is 0. The molecular weight excluding hydrogens is 275 g/mol. The van der Waals surface area contributed by atoms with Crippen LogP contribution >= 0.6 is 12.2 Å². The minimum absolute atomic E-state index is 0.221. The standard InChI is InChI=1S/C14H15FN4S/c1-8-9(2)17-18-14(12(8)13(16)20)19(3)11-7-5-4-6-10(11)15/h4-7H,1-3H3,(H2,16,20). The van der Waals surface area contributed by atoms with Crippen LogP contribution in [0.1, 0.15) is 16.8 Å². The van der Waals surface area contributed by atoms with Crippen molar-refractivity contribution in [1.29, 1.82) is 0 Å². The quantitative estimate of drug-likeness (QED) is 0.881. The number of nitrogens with two attached hydrogens (primary N) is 1. The first-order valence-electron chi connectivity index (χ1n) is 6.05. The van der Waals surface area contributed by atoms with Gasteiger partial charge in [-0.15, -0.1) is 5.10 Å². The molecule has 0 atom stereocenters. The van der Waals surface area contributed by atoms with E-state index < -0.39 is 0 Å². The maximum Gasteiger partial charge on any atom is 0.166 e. The van der Waals surface area contributed by atoms with Crippen molar-refractivity contribution < 1.29 is 4.39 Å². The zero-order valence-corrected chi connectivity index (χ0v) is 12.3. The molecule has 0 aliphatic heterocycles. The normalized spacial score (nSPS) is 10.4. The highest BCUT2D eigenvalue weighted by Gasteiger charge is 2.19. The third-order valence-electron chi connectivity index (χ3n) is 3.21. The molecule has 104 valence electrons. The number of hydrogen-bond donors (Lipinski definition) is 1. The summed E-state index contributed by atoms with van der Waals surface area (Å²) in [6.45, 7) is 3.70. The van der Waals surface area contributed by atoms with Gasteiger partial charge in [-0.1, -0.05) is 24.4 Å². The minimum atomic E-state index is -0.344. The summed E-state index contributed by atoms with van der Waals surface area (Å²) in [4.78, 5) is 1.82. The molecule has 0 unspecified atom stereocenters. The monoisotopic (exact) mass is 290 g/mol. The summed E-state index contributed by atoms with van der Waals surface area (Å²) in [5.41, 5.74) is 8.40. The molecule has 20 heavy (non-hydrogen) atoms. The van der Waals surface area contributed by atoms with Crippen molar-refractivity contribution in [3.05, 3.63) is 46.9 Å². The second-order valence-electron chi connectivity index (χ2n) is 4.48. The number of anilines is 2. The second kappa shape index (κ2) is 5.50. The molecule has 0 saturated heterocycles. The van der Waals surface area contributed by atoms with E-state index in [4.69, 9.17) is 18.0 Å². The average molecular weight is 290 g/mol. The Morgan fingerprint density at radius 1 is 1.25 bits per heavy atom. The van der Waals surface area contributed by atoms with E-state index in [1.54, 1.807) is 30.1 Å². The first-order chi connectivity index (χ1) is 9.43. The van der Waals surface area contributed by atoms with E-state index in [2.05, 4.69) is 10.2 Å². The van der Waals surface area contributed by atoms with Gasteiger partial charge in [-0.05, 0) is 31.5 Å². The lowest BCUT2D eigenvalue weighted by Crippen LogP contribution is -2.22. The summed E-state index contributed by atoms with van der Waals surface area (Å²) < 4.78 is 13.9. The zero-order valence-electron chi connectivity index (χ0n) is 11.5. The Bertz CT molecular complexity index is 672. The lowest BCUT2D eigenvalue weighted by molar-refractivity contribution is 0.627. The van der Waals surface area contributed by atoms with Crippen molar-refractivity contribution in [3.63, 3.8) is 0 Å². The molecule has 0 bridgehead atoms. The summed E-state index contributed by atoms with van der Waals surface area (Å²) >= 11 is 5.09. The van der Waals surface area contributed by atoms with E-state index in [9.17, 15) is 4.39 Å². The molecule has 1 heterocycles. The van der Waals surface area contributed by atoms with Gasteiger partial charge in [0.25, 0.3) is 0 Å². The van der Waals surface area contributed by atoms with E-state index in [1.165, 1.54) is 6.07 Å². The van der Waals surface area contributed by atoms with Gasteiger partial charge in [0.15, 0.2) is 5.82 Å². The van der Waals surface area contributed by atoms with Crippen molar-refractivity contribution >= 4 is 28.7 Å². The molecule has 2 N–H and O–H groups in total. The lowest BCUT2D eigenvalue weighted by atomic mass is 10.1. The van der Waals surface area contributed by atoms with Crippen LogP contribution in [0.2, 0.25) is 0 Å². The predicted molar refractivity (Wildman–Crippen MR) is 81.9 cm³/mol. The molecule has 4 nitrogen and oxygen atoms in total. The van der Waals surface area contributed by atoms with Crippen molar-refractivity contribution in [2.75, 3.05) is 11.9 Å². The summed E-state index contributed by atoms with van der Waals surface area (Å²) in [7, 11) is 1.71. The molecule has 0 saturated carbocycles. The molecule has 1 aromatic heterocycles. The number of nitrogens with zero attached hydrogens (tertiary/aromatic N) is 3. The Kier molecular flexibility index (Phi) is 3.94. The Labute approximate surface area is 122 Å². The number of benzene rings is 1. The van der Waals surface area contributed by atoms with Crippen LogP contribution in [0.25, 0.3) is 0 Å². The Balaban J connectivity index is 2.61. The van der Waals surface area contributed by atoms with E-state index in [0.29, 0.717) is 17.1 Å². The number of halogens is 1. The molecule has 1 aromatic carbocycles. The van der Waals surface area contributed by atoms with E-state index in [1.807, 2.05) is 13.8 Å². The Hall–Kier alpha value is -2.08. The molecule has 0 aliphatic carbocycles. The van der Waals surface area contributed by atoms with Crippen LogP contribution in [0, 0.1) is 19.7 Å². The smallest absolute Gasteiger partial charge is 0.166 e. The summed E-state index contributed by atoms with van der Waals surface area (Å²) in [5.74, 6) is 0.106. The van der Waals surface area contributed by atoms with Crippen molar-refractivity contribution in [2.24, 2.45) is 5.73 Å². The number of aromatic nitrogens is 2. The van der Waals surface area contributed by atoms with Crippen LogP contribution in [0.3, 0.4) is 0 Å². The molecule has 0 spiro atoms. The van der Waals surface area contributed by atoms with Crippen LogP contribution in [0.5, 0.6) is 0 Å². The molecule has 0 aliphatic rings. The van der Waals surface area contributed by atoms with Crippen LogP contribution in [0.15, 0.2) is 24.3 Å². The third kappa shape index (κ3) is 2.46. The fourth-order valence-electron chi connectivity index (χ4n) is 1.96. The molecule has 2 rings (SSSR count). The highest BCUT2D eigenvalue weighted by molar-refractivity contribution is 7.80. The third-order valence-corrected chi connectivity index (χ3v) is 3.42. The van der Waals surface area contributed by atoms with Gasteiger partial charge in [0, 0.05) is 7.05 Å². The van der Waals surface area contributed by atoms with Crippen molar-refractivity contribution in [1.82, 2.24) is 10.2 Å². The predicted octanol–water partition coefficient (Wildman–Crippen LogP) is 2.63. The first kappa shape index (κ1) is 14.3. The molecule has 0 radical (unpaired) electrons. The average Bonchev–Trinajstić information content (AvgIpc) is 2.41. The first-order valence-corrected chi connectivity index (χ1v) is 6.46. The number of hydrogen-bond acceptors (Lipinski definition) is 4. The lowest BCUT2D eigenvalue weighted by Gasteiger charge is -2.22. The van der Waals surface area contributed by atoms with E-state index >= 15 is 0 Å². The van der Waals surface area contributed by atoms with Crippen molar-refractivity contribution in [3.8, 4) is 0 Å². The maximum absolute atomic E-state index is 13.9. The molecular formula is C14H15FN4S. The fourth-order valence-corrected chi connectivity index (χ4v) is 2.21. The van der Waals surface area contributed by atoms with E-state index in [0.717, 1.165) is 11.3 Å². The van der Waals surface area contributed by atoms with Crippen LogP contribution in [-0.4, -0.2) is 22.2 Å². The molecule has 0 amide bonds. The van der Waals surface area contributed by atoms with Gasteiger partial charge in [-0.3, -0.25) is 0 Å². The second-order valence-corrected chi connectivity index (χ2v) is 4.92. The summed E-state index contributed by atoms with van der Waals surface area (Å²) in [6, 6.07) is 6.44. The highest BCUT2D eigenvalue weighted by Crippen LogP contribution is 2.28. The van der Waals surface area contributed by atoms with Crippen LogP contribution in [0.4, 0.5) is 15.9 Å². The summed E-state index contributed by atoms with van der Waals surface area (Å²) in [5, 5.41) is 8.19. The maximum atomic E-state index is 13.9. The SMILES string of the molecule is Cc1nnc(N(C)c2ccccc2F)c(C(N)=S)c1C. The number of rotatable bonds is 3. The number of para-hydroxylation sites is 1.